The molecule has 1 aliphatic heterocycles. The van der Waals surface area contributed by atoms with Gasteiger partial charge in [-0.05, 0) is 26.0 Å². The lowest BCUT2D eigenvalue weighted by Crippen LogP contribution is -3.12. The van der Waals surface area contributed by atoms with Crippen molar-refractivity contribution in [3.8, 4) is 0 Å². The minimum atomic E-state index is 0.200. The molecule has 24 heavy (non-hydrogen) atoms. The fraction of sp³-hybridized carbons (Fsp3) is 0.632. The molecule has 0 spiro atoms. The molecule has 134 valence electrons. The third-order valence-electron chi connectivity index (χ3n) is 5.21. The highest BCUT2D eigenvalue weighted by Crippen LogP contribution is 2.11. The van der Waals surface area contributed by atoms with Crippen molar-refractivity contribution >= 4 is 17.5 Å². The summed E-state index contributed by atoms with van der Waals surface area (Å²) in [5, 5.41) is 3.93. The van der Waals surface area contributed by atoms with Gasteiger partial charge in [0.1, 0.15) is 6.54 Å². The van der Waals surface area contributed by atoms with E-state index in [0.29, 0.717) is 0 Å². The number of nitrogens with one attached hydrogen (secondary N) is 3. The molecule has 1 aliphatic rings. The molecule has 2 rings (SSSR count). The third kappa shape index (κ3) is 6.08. The van der Waals surface area contributed by atoms with Crippen LogP contribution in [0.1, 0.15) is 32.3 Å². The van der Waals surface area contributed by atoms with Crippen molar-refractivity contribution in [2.24, 2.45) is 5.92 Å². The minimum absolute atomic E-state index is 0.200. The van der Waals surface area contributed by atoms with E-state index in [2.05, 4.69) is 31.3 Å². The van der Waals surface area contributed by atoms with Crippen molar-refractivity contribution in [1.29, 1.82) is 0 Å². The van der Waals surface area contributed by atoms with Crippen LogP contribution in [0.4, 0.5) is 0 Å². The summed E-state index contributed by atoms with van der Waals surface area (Å²) in [5.74, 6) is 0.456. The molecule has 0 atom stereocenters. The highest BCUT2D eigenvalue weighted by atomic mass is 35.5. The molecule has 3 N–H and O–H groups in total. The zero-order chi connectivity index (χ0) is 17.4. The summed E-state index contributed by atoms with van der Waals surface area (Å²) in [6, 6.07) is 8.11. The van der Waals surface area contributed by atoms with Gasteiger partial charge in [-0.2, -0.15) is 0 Å². The van der Waals surface area contributed by atoms with E-state index >= 15 is 0 Å². The highest BCUT2D eigenvalue weighted by molar-refractivity contribution is 6.30. The molecule has 1 heterocycles. The van der Waals surface area contributed by atoms with Gasteiger partial charge in [0.2, 0.25) is 5.91 Å². The number of piperidine rings is 1. The van der Waals surface area contributed by atoms with Crippen LogP contribution in [0.25, 0.3) is 0 Å². The number of carbonyl (C=O) groups is 1. The predicted octanol–water partition coefficient (Wildman–Crippen LogP) is 0.176. The van der Waals surface area contributed by atoms with Gasteiger partial charge in [-0.15, -0.1) is 0 Å². The number of likely N-dealkylation sites (tertiary alicyclic amines) is 1. The molecule has 1 amide bonds. The van der Waals surface area contributed by atoms with Crippen molar-refractivity contribution in [3.05, 3.63) is 34.9 Å². The normalized spacial score (nSPS) is 21.0. The lowest BCUT2D eigenvalue weighted by Gasteiger charge is -2.28. The number of carbonyl (C=O) groups excluding carboxylic acids is 1. The first kappa shape index (κ1) is 19.2. The minimum Gasteiger partial charge on any atom is -0.350 e. The van der Waals surface area contributed by atoms with Crippen LogP contribution in [0, 0.1) is 5.92 Å². The van der Waals surface area contributed by atoms with Crippen molar-refractivity contribution in [2.45, 2.75) is 33.2 Å². The smallest absolute Gasteiger partial charge is 0.223 e. The Bertz CT molecular complexity index is 494. The molecule has 5 heteroatoms. The van der Waals surface area contributed by atoms with E-state index in [-0.39, 0.29) is 11.8 Å². The van der Waals surface area contributed by atoms with Crippen LogP contribution in [0.15, 0.2) is 24.3 Å². The van der Waals surface area contributed by atoms with E-state index in [1.165, 1.54) is 10.5 Å². The summed E-state index contributed by atoms with van der Waals surface area (Å²) in [4.78, 5) is 15.4. The largest absolute Gasteiger partial charge is 0.350 e. The zero-order valence-electron chi connectivity index (χ0n) is 15.0. The number of hydrogen-bond acceptors (Lipinski definition) is 1. The molecule has 0 bridgehead atoms. The van der Waals surface area contributed by atoms with Gasteiger partial charge in [-0.1, -0.05) is 23.7 Å². The molecule has 1 aromatic rings. The number of amides is 1. The standard InChI is InChI=1S/C19H30ClN3O/c1-3-22(4-2)14-11-21-19(24)17-9-12-23(13-10-17)15-16-5-7-18(20)8-6-16/h5-8,17H,3-4,9-15H2,1-2H3,(H,21,24)/p+2. The van der Waals surface area contributed by atoms with Gasteiger partial charge in [0.25, 0.3) is 0 Å². The third-order valence-corrected chi connectivity index (χ3v) is 5.46. The maximum atomic E-state index is 12.3. The Morgan fingerprint density at radius 2 is 1.83 bits per heavy atom. The average molecular weight is 354 g/mol. The van der Waals surface area contributed by atoms with Crippen LogP contribution < -0.4 is 15.1 Å². The molecule has 1 fully saturated rings. The molecule has 0 radical (unpaired) electrons. The number of rotatable bonds is 8. The Labute approximate surface area is 151 Å². The summed E-state index contributed by atoms with van der Waals surface area (Å²) in [6.45, 7) is 11.6. The van der Waals surface area contributed by atoms with Crippen molar-refractivity contribution in [2.75, 3.05) is 39.3 Å². The Hall–Kier alpha value is -1.10. The number of quaternary nitrogens is 2. The Morgan fingerprint density at radius 3 is 2.42 bits per heavy atom. The van der Waals surface area contributed by atoms with E-state index in [1.54, 1.807) is 4.90 Å². The fourth-order valence-electron chi connectivity index (χ4n) is 3.47. The quantitative estimate of drug-likeness (QED) is 0.612. The number of hydrogen-bond donors (Lipinski definition) is 3. The van der Waals surface area contributed by atoms with Gasteiger partial charge in [-0.3, -0.25) is 4.79 Å². The molecule has 1 aromatic carbocycles. The van der Waals surface area contributed by atoms with E-state index in [1.807, 2.05) is 12.1 Å². The topological polar surface area (TPSA) is 38.0 Å². The lowest BCUT2D eigenvalue weighted by molar-refractivity contribution is -0.919. The molecule has 0 aromatic heterocycles. The Morgan fingerprint density at radius 1 is 1.21 bits per heavy atom. The summed E-state index contributed by atoms with van der Waals surface area (Å²) >= 11 is 5.94. The first-order valence-electron chi connectivity index (χ1n) is 9.31. The maximum absolute atomic E-state index is 12.3. The SMILES string of the molecule is CC[NH+](CC)CCNC(=O)C1CC[NH+](Cc2ccc(Cl)cc2)CC1. The van der Waals surface area contributed by atoms with E-state index in [0.717, 1.165) is 63.7 Å². The van der Waals surface area contributed by atoms with Crippen molar-refractivity contribution in [1.82, 2.24) is 5.32 Å². The summed E-state index contributed by atoms with van der Waals surface area (Å²) in [6.07, 6.45) is 1.99. The Kier molecular flexibility index (Phi) is 8.03. The molecule has 1 saturated heterocycles. The monoisotopic (exact) mass is 353 g/mol. The Balaban J connectivity index is 1.68. The van der Waals surface area contributed by atoms with Gasteiger partial charge in [0.05, 0.1) is 39.3 Å². The highest BCUT2D eigenvalue weighted by Gasteiger charge is 2.27. The van der Waals surface area contributed by atoms with Gasteiger partial charge >= 0.3 is 0 Å². The molecule has 0 saturated carbocycles. The van der Waals surface area contributed by atoms with Gasteiger partial charge in [-0.25, -0.2) is 0 Å². The number of benzene rings is 1. The van der Waals surface area contributed by atoms with Crippen molar-refractivity contribution < 1.29 is 14.6 Å². The maximum Gasteiger partial charge on any atom is 0.223 e. The second-order valence-electron chi connectivity index (χ2n) is 6.83. The van der Waals surface area contributed by atoms with Gasteiger partial charge in [0.15, 0.2) is 0 Å². The second-order valence-corrected chi connectivity index (χ2v) is 7.26. The second kappa shape index (κ2) is 10.0. The average Bonchev–Trinajstić information content (AvgIpc) is 2.61. The zero-order valence-corrected chi connectivity index (χ0v) is 15.8. The summed E-state index contributed by atoms with van der Waals surface area (Å²) in [5.41, 5.74) is 1.32. The van der Waals surface area contributed by atoms with Crippen LogP contribution in [0.3, 0.4) is 0 Å². The predicted molar refractivity (Wildman–Crippen MR) is 98.5 cm³/mol. The van der Waals surface area contributed by atoms with E-state index in [4.69, 9.17) is 11.6 Å². The molecular weight excluding hydrogens is 322 g/mol. The lowest BCUT2D eigenvalue weighted by atomic mass is 9.95. The van der Waals surface area contributed by atoms with Crippen LogP contribution in [0.2, 0.25) is 5.02 Å². The van der Waals surface area contributed by atoms with Crippen LogP contribution in [-0.4, -0.2) is 45.2 Å². The van der Waals surface area contributed by atoms with Gasteiger partial charge < -0.3 is 15.1 Å². The molecule has 0 aliphatic carbocycles. The van der Waals surface area contributed by atoms with Crippen LogP contribution in [-0.2, 0) is 11.3 Å². The molecular formula is C19H32ClN3O+2. The fourth-order valence-corrected chi connectivity index (χ4v) is 3.59. The molecule has 0 unspecified atom stereocenters. The van der Waals surface area contributed by atoms with E-state index < -0.39 is 0 Å². The summed E-state index contributed by atoms with van der Waals surface area (Å²) in [7, 11) is 0. The first-order valence-corrected chi connectivity index (χ1v) is 9.69. The van der Waals surface area contributed by atoms with Crippen LogP contribution >= 0.6 is 11.6 Å². The van der Waals surface area contributed by atoms with E-state index in [9.17, 15) is 4.79 Å². The van der Waals surface area contributed by atoms with Crippen molar-refractivity contribution in [3.63, 3.8) is 0 Å². The number of halogens is 1. The van der Waals surface area contributed by atoms with Gasteiger partial charge in [0, 0.05) is 29.3 Å². The first-order chi connectivity index (χ1) is 11.6. The summed E-state index contributed by atoms with van der Waals surface area (Å²) < 4.78 is 0. The van der Waals surface area contributed by atoms with Crippen LogP contribution in [0.5, 0.6) is 0 Å². The molecule has 4 nitrogen and oxygen atoms in total. The number of likely N-dealkylation sites (N-methyl/N-ethyl adjacent to an activating group) is 1.